The fraction of sp³-hybridized carbons (Fsp3) is 0.414. The summed E-state index contributed by atoms with van der Waals surface area (Å²) in [6, 6.07) is 11.4. The van der Waals surface area contributed by atoms with Crippen LogP contribution in [0.25, 0.3) is 0 Å². The first-order chi connectivity index (χ1) is 18.8. The van der Waals surface area contributed by atoms with Crippen LogP contribution >= 0.6 is 0 Å². The van der Waals surface area contributed by atoms with Gasteiger partial charge in [0, 0.05) is 12.1 Å². The number of nitrogens with two attached hydrogens (primary N) is 1. The van der Waals surface area contributed by atoms with Crippen molar-refractivity contribution in [1.82, 2.24) is 10.2 Å². The number of amides is 4. The second-order valence-corrected chi connectivity index (χ2v) is 10.2. The standard InChI is InChI=1S/C29H37N5O6/c1-18-8-7-9-22(19(18)2)25(26(36)32-20-10-12-21(39-6)13-11-20)34(17-16-30)27(37)23(14-15-24(31)35)33-28(38)40-29(3,4)5/h7-13,23,25H,14-15,17H2,1-6H3,(H2,31,35)(H,32,36)(H,33,38). The van der Waals surface area contributed by atoms with Gasteiger partial charge in [0.15, 0.2) is 0 Å². The SMILES string of the molecule is COc1ccc(NC(=O)C(c2cccc(C)c2C)N(CC#N)C(=O)C(CCC(N)=O)NC(=O)OC(C)(C)C)cc1. The van der Waals surface area contributed by atoms with E-state index in [1.807, 2.05) is 26.0 Å². The van der Waals surface area contributed by atoms with Crippen molar-refractivity contribution < 1.29 is 28.7 Å². The molecule has 2 aromatic rings. The maximum atomic E-state index is 14.0. The molecule has 4 amide bonds. The van der Waals surface area contributed by atoms with E-state index in [0.29, 0.717) is 17.0 Å². The molecular formula is C29H37N5O6. The van der Waals surface area contributed by atoms with Crippen molar-refractivity contribution in [1.29, 1.82) is 5.26 Å². The largest absolute Gasteiger partial charge is 0.497 e. The van der Waals surface area contributed by atoms with Crippen LogP contribution in [0.3, 0.4) is 0 Å². The summed E-state index contributed by atoms with van der Waals surface area (Å²) in [5.74, 6) is -1.41. The molecule has 0 aliphatic heterocycles. The predicted octanol–water partition coefficient (Wildman–Crippen LogP) is 3.50. The zero-order chi connectivity index (χ0) is 30.0. The van der Waals surface area contributed by atoms with E-state index in [9.17, 15) is 24.4 Å². The first-order valence-electron chi connectivity index (χ1n) is 12.7. The Hall–Kier alpha value is -4.59. The molecule has 2 atom stereocenters. The van der Waals surface area contributed by atoms with Crippen LogP contribution in [0.4, 0.5) is 10.5 Å². The molecule has 0 aromatic heterocycles. The number of alkyl carbamates (subject to hydrolysis) is 1. The third-order valence-corrected chi connectivity index (χ3v) is 6.05. The van der Waals surface area contributed by atoms with Crippen molar-refractivity contribution in [3.05, 3.63) is 59.2 Å². The van der Waals surface area contributed by atoms with Crippen molar-refractivity contribution in [2.45, 2.75) is 65.1 Å². The molecule has 0 saturated carbocycles. The minimum absolute atomic E-state index is 0.158. The maximum absolute atomic E-state index is 14.0. The minimum atomic E-state index is -1.29. The number of methoxy groups -OCH3 is 1. The molecule has 40 heavy (non-hydrogen) atoms. The molecule has 0 radical (unpaired) electrons. The molecule has 11 nitrogen and oxygen atoms in total. The predicted molar refractivity (Wildman–Crippen MR) is 149 cm³/mol. The second-order valence-electron chi connectivity index (χ2n) is 10.2. The zero-order valence-electron chi connectivity index (χ0n) is 23.7. The smallest absolute Gasteiger partial charge is 0.408 e. The lowest BCUT2D eigenvalue weighted by molar-refractivity contribution is -0.140. The zero-order valence-corrected chi connectivity index (χ0v) is 23.7. The molecule has 0 saturated heterocycles. The van der Waals surface area contributed by atoms with E-state index in [-0.39, 0.29) is 12.8 Å². The number of carbonyl (C=O) groups excluding carboxylic acids is 4. The van der Waals surface area contributed by atoms with Gasteiger partial charge in [-0.05, 0) is 82.0 Å². The van der Waals surface area contributed by atoms with Gasteiger partial charge < -0.3 is 30.7 Å². The number of benzene rings is 2. The Balaban J connectivity index is 2.56. The Labute approximate surface area is 234 Å². The van der Waals surface area contributed by atoms with Gasteiger partial charge in [0.05, 0.1) is 13.2 Å². The highest BCUT2D eigenvalue weighted by Crippen LogP contribution is 2.29. The van der Waals surface area contributed by atoms with E-state index in [0.717, 1.165) is 16.0 Å². The first kappa shape index (κ1) is 31.6. The van der Waals surface area contributed by atoms with Crippen molar-refractivity contribution >= 4 is 29.5 Å². The number of nitriles is 1. The van der Waals surface area contributed by atoms with Gasteiger partial charge in [0.25, 0.3) is 5.91 Å². The minimum Gasteiger partial charge on any atom is -0.497 e. The Bertz CT molecular complexity index is 1260. The van der Waals surface area contributed by atoms with Crippen LogP contribution in [0.2, 0.25) is 0 Å². The summed E-state index contributed by atoms with van der Waals surface area (Å²) < 4.78 is 10.5. The normalized spacial score (nSPS) is 12.3. The van der Waals surface area contributed by atoms with E-state index in [2.05, 4.69) is 10.6 Å². The van der Waals surface area contributed by atoms with Gasteiger partial charge in [-0.25, -0.2) is 4.79 Å². The first-order valence-corrected chi connectivity index (χ1v) is 12.7. The van der Waals surface area contributed by atoms with Crippen molar-refractivity contribution in [2.24, 2.45) is 5.73 Å². The van der Waals surface area contributed by atoms with Crippen LogP contribution in [0, 0.1) is 25.2 Å². The van der Waals surface area contributed by atoms with E-state index in [4.69, 9.17) is 15.2 Å². The topological polar surface area (TPSA) is 164 Å². The van der Waals surface area contributed by atoms with E-state index < -0.39 is 48.0 Å². The molecule has 0 heterocycles. The van der Waals surface area contributed by atoms with Crippen LogP contribution in [-0.4, -0.2) is 54.0 Å². The van der Waals surface area contributed by atoms with Gasteiger partial charge >= 0.3 is 6.09 Å². The summed E-state index contributed by atoms with van der Waals surface area (Å²) >= 11 is 0. The molecular weight excluding hydrogens is 514 g/mol. The number of hydrogen-bond acceptors (Lipinski definition) is 7. The van der Waals surface area contributed by atoms with E-state index in [1.54, 1.807) is 57.2 Å². The Morgan fingerprint density at radius 3 is 2.27 bits per heavy atom. The van der Waals surface area contributed by atoms with Gasteiger partial charge in [-0.2, -0.15) is 5.26 Å². The summed E-state index contributed by atoms with van der Waals surface area (Å²) in [5.41, 5.74) is 7.04. The number of aryl methyl sites for hydroxylation is 1. The third kappa shape index (κ3) is 9.01. The molecule has 0 aliphatic rings. The van der Waals surface area contributed by atoms with Gasteiger partial charge in [-0.15, -0.1) is 0 Å². The van der Waals surface area contributed by atoms with Crippen LogP contribution in [0.5, 0.6) is 5.75 Å². The molecule has 0 aliphatic carbocycles. The van der Waals surface area contributed by atoms with Gasteiger partial charge in [-0.1, -0.05) is 18.2 Å². The lowest BCUT2D eigenvalue weighted by atomic mass is 9.94. The van der Waals surface area contributed by atoms with E-state index in [1.165, 1.54) is 7.11 Å². The van der Waals surface area contributed by atoms with Crippen LogP contribution in [0.15, 0.2) is 42.5 Å². The molecule has 2 aromatic carbocycles. The summed E-state index contributed by atoms with van der Waals surface area (Å²) in [5, 5.41) is 15.0. The third-order valence-electron chi connectivity index (χ3n) is 6.05. The van der Waals surface area contributed by atoms with Gasteiger partial charge in [0.1, 0.15) is 30.0 Å². The summed E-state index contributed by atoms with van der Waals surface area (Å²) in [7, 11) is 1.52. The van der Waals surface area contributed by atoms with Crippen LogP contribution in [0.1, 0.15) is 56.3 Å². The number of nitrogens with zero attached hydrogens (tertiary/aromatic N) is 2. The number of hydrogen-bond donors (Lipinski definition) is 3. The Morgan fingerprint density at radius 1 is 1.07 bits per heavy atom. The second kappa shape index (κ2) is 14.0. The molecule has 0 spiro atoms. The number of nitrogens with one attached hydrogen (secondary N) is 2. The number of ether oxygens (including phenoxy) is 2. The molecule has 0 fully saturated rings. The van der Waals surface area contributed by atoms with Crippen molar-refractivity contribution in [3.8, 4) is 11.8 Å². The fourth-order valence-corrected chi connectivity index (χ4v) is 3.97. The van der Waals surface area contributed by atoms with Crippen LogP contribution < -0.4 is 21.1 Å². The number of carbonyl (C=O) groups is 4. The average Bonchev–Trinajstić information content (AvgIpc) is 2.87. The monoisotopic (exact) mass is 551 g/mol. The summed E-state index contributed by atoms with van der Waals surface area (Å²) in [6.45, 7) is 8.19. The van der Waals surface area contributed by atoms with E-state index >= 15 is 0 Å². The lowest BCUT2D eigenvalue weighted by Crippen LogP contribution is -2.52. The fourth-order valence-electron chi connectivity index (χ4n) is 3.97. The highest BCUT2D eigenvalue weighted by atomic mass is 16.6. The highest BCUT2D eigenvalue weighted by Gasteiger charge is 2.37. The Kier molecular flexibility index (Phi) is 11.1. The lowest BCUT2D eigenvalue weighted by Gasteiger charge is -2.33. The summed E-state index contributed by atoms with van der Waals surface area (Å²) in [4.78, 5) is 53.0. The molecule has 214 valence electrons. The number of anilines is 1. The highest BCUT2D eigenvalue weighted by molar-refractivity contribution is 5.99. The number of primary amides is 1. The molecule has 11 heteroatoms. The molecule has 4 N–H and O–H groups in total. The van der Waals surface area contributed by atoms with Crippen molar-refractivity contribution in [2.75, 3.05) is 19.0 Å². The molecule has 2 unspecified atom stereocenters. The average molecular weight is 552 g/mol. The van der Waals surface area contributed by atoms with Gasteiger partial charge in [0.2, 0.25) is 11.8 Å². The van der Waals surface area contributed by atoms with Gasteiger partial charge in [-0.3, -0.25) is 14.4 Å². The summed E-state index contributed by atoms with van der Waals surface area (Å²) in [6.07, 6.45) is -1.27. The number of rotatable bonds is 11. The molecule has 0 bridgehead atoms. The Morgan fingerprint density at radius 2 is 1.73 bits per heavy atom. The maximum Gasteiger partial charge on any atom is 0.408 e. The molecule has 2 rings (SSSR count). The van der Waals surface area contributed by atoms with Crippen molar-refractivity contribution in [3.63, 3.8) is 0 Å². The quantitative estimate of drug-likeness (QED) is 0.360. The van der Waals surface area contributed by atoms with Crippen LogP contribution in [-0.2, 0) is 19.1 Å².